The first kappa shape index (κ1) is 12.2. The van der Waals surface area contributed by atoms with Crippen LogP contribution in [0.4, 0.5) is 0 Å². The highest BCUT2D eigenvalue weighted by molar-refractivity contribution is 6.22. The first-order chi connectivity index (χ1) is 6.40. The molecule has 4 heteroatoms. The minimum atomic E-state index is -1.34. The van der Waals surface area contributed by atoms with Crippen LogP contribution in [0.3, 0.4) is 0 Å². The van der Waals surface area contributed by atoms with E-state index in [2.05, 4.69) is 0 Å². The standard InChI is InChI=1S/C10H10O4/c1-4-8(13)5-9(14)10(6(2)11)7(3)12/h1,10H,5H2,2-3H3. The molecule has 0 aliphatic heterocycles. The van der Waals surface area contributed by atoms with Gasteiger partial charge in [-0.3, -0.25) is 19.2 Å². The van der Waals surface area contributed by atoms with Crippen molar-refractivity contribution in [2.75, 3.05) is 0 Å². The fourth-order valence-corrected chi connectivity index (χ4v) is 1.05. The molecule has 0 aliphatic rings. The van der Waals surface area contributed by atoms with E-state index in [4.69, 9.17) is 6.42 Å². The largest absolute Gasteiger partial charge is 0.299 e. The van der Waals surface area contributed by atoms with E-state index in [0.29, 0.717) is 0 Å². The molecular formula is C10H10O4. The van der Waals surface area contributed by atoms with Gasteiger partial charge in [0, 0.05) is 0 Å². The maximum absolute atomic E-state index is 11.2. The van der Waals surface area contributed by atoms with E-state index in [1.165, 1.54) is 0 Å². The van der Waals surface area contributed by atoms with Gasteiger partial charge >= 0.3 is 0 Å². The van der Waals surface area contributed by atoms with Crippen molar-refractivity contribution in [2.45, 2.75) is 20.3 Å². The molecule has 0 fully saturated rings. The summed E-state index contributed by atoms with van der Waals surface area (Å²) in [5, 5.41) is 0. The average molecular weight is 194 g/mol. The molecule has 0 radical (unpaired) electrons. The van der Waals surface area contributed by atoms with Crippen LogP contribution in [0, 0.1) is 18.3 Å². The summed E-state index contributed by atoms with van der Waals surface area (Å²) in [6.07, 6.45) is 4.20. The van der Waals surface area contributed by atoms with Gasteiger partial charge in [0.15, 0.2) is 5.78 Å². The van der Waals surface area contributed by atoms with E-state index in [1.807, 2.05) is 0 Å². The van der Waals surface area contributed by atoms with Gasteiger partial charge in [0.05, 0.1) is 6.42 Å². The molecule has 0 unspecified atom stereocenters. The van der Waals surface area contributed by atoms with Crippen LogP contribution in [0.25, 0.3) is 0 Å². The Kier molecular flexibility index (Phi) is 4.44. The normalized spacial score (nSPS) is 9.29. The van der Waals surface area contributed by atoms with Crippen molar-refractivity contribution in [2.24, 2.45) is 5.92 Å². The summed E-state index contributed by atoms with van der Waals surface area (Å²) in [6, 6.07) is 0. The van der Waals surface area contributed by atoms with Crippen LogP contribution in [0.15, 0.2) is 0 Å². The van der Waals surface area contributed by atoms with Crippen LogP contribution in [-0.4, -0.2) is 23.1 Å². The third-order valence-electron chi connectivity index (χ3n) is 1.63. The lowest BCUT2D eigenvalue weighted by Gasteiger charge is -2.06. The topological polar surface area (TPSA) is 68.3 Å². The number of hydrogen-bond acceptors (Lipinski definition) is 4. The monoisotopic (exact) mass is 194 g/mol. The zero-order chi connectivity index (χ0) is 11.3. The molecule has 0 aliphatic carbocycles. The molecule has 0 saturated heterocycles. The molecule has 0 saturated carbocycles. The highest BCUT2D eigenvalue weighted by Crippen LogP contribution is 2.05. The van der Waals surface area contributed by atoms with Crippen molar-refractivity contribution >= 4 is 23.1 Å². The van der Waals surface area contributed by atoms with Crippen LogP contribution in [-0.2, 0) is 19.2 Å². The highest BCUT2D eigenvalue weighted by atomic mass is 16.2. The average Bonchev–Trinajstić information content (AvgIpc) is 2.02. The van der Waals surface area contributed by atoms with Crippen molar-refractivity contribution in [3.05, 3.63) is 0 Å². The Morgan fingerprint density at radius 2 is 1.57 bits per heavy atom. The molecule has 0 N–H and O–H groups in total. The molecule has 0 heterocycles. The van der Waals surface area contributed by atoms with Gasteiger partial charge in [0.25, 0.3) is 0 Å². The predicted molar refractivity (Wildman–Crippen MR) is 48.3 cm³/mol. The van der Waals surface area contributed by atoms with Crippen molar-refractivity contribution in [3.8, 4) is 12.3 Å². The Morgan fingerprint density at radius 3 is 1.86 bits per heavy atom. The Labute approximate surface area is 81.7 Å². The minimum Gasteiger partial charge on any atom is -0.299 e. The molecule has 0 atom stereocenters. The summed E-state index contributed by atoms with van der Waals surface area (Å²) in [7, 11) is 0. The Balaban J connectivity index is 4.64. The summed E-state index contributed by atoms with van der Waals surface area (Å²) in [4.78, 5) is 43.7. The lowest BCUT2D eigenvalue weighted by atomic mass is 9.93. The maximum Gasteiger partial charge on any atom is 0.212 e. The molecule has 4 nitrogen and oxygen atoms in total. The van der Waals surface area contributed by atoms with E-state index in [0.717, 1.165) is 13.8 Å². The van der Waals surface area contributed by atoms with Crippen LogP contribution < -0.4 is 0 Å². The summed E-state index contributed by atoms with van der Waals surface area (Å²) in [5.74, 6) is -2.17. The molecule has 0 bridgehead atoms. The van der Waals surface area contributed by atoms with Crippen LogP contribution >= 0.6 is 0 Å². The number of terminal acetylenes is 1. The molecule has 0 aromatic heterocycles. The van der Waals surface area contributed by atoms with Gasteiger partial charge < -0.3 is 0 Å². The first-order valence-electron chi connectivity index (χ1n) is 3.93. The van der Waals surface area contributed by atoms with Crippen molar-refractivity contribution in [1.29, 1.82) is 0 Å². The van der Waals surface area contributed by atoms with E-state index < -0.39 is 35.5 Å². The van der Waals surface area contributed by atoms with Crippen LogP contribution in [0.1, 0.15) is 20.3 Å². The second-order valence-electron chi connectivity index (χ2n) is 2.86. The number of hydrogen-bond donors (Lipinski definition) is 0. The Morgan fingerprint density at radius 1 is 1.14 bits per heavy atom. The molecule has 0 aromatic rings. The van der Waals surface area contributed by atoms with E-state index in [-0.39, 0.29) is 0 Å². The minimum absolute atomic E-state index is 0.555. The Hall–Kier alpha value is -1.76. The van der Waals surface area contributed by atoms with Gasteiger partial charge in [-0.15, -0.1) is 6.42 Å². The zero-order valence-corrected chi connectivity index (χ0v) is 7.99. The van der Waals surface area contributed by atoms with Gasteiger partial charge in [-0.1, -0.05) is 0 Å². The molecule has 0 spiro atoms. The van der Waals surface area contributed by atoms with Crippen molar-refractivity contribution in [3.63, 3.8) is 0 Å². The summed E-state index contributed by atoms with van der Waals surface area (Å²) < 4.78 is 0. The second-order valence-corrected chi connectivity index (χ2v) is 2.86. The molecular weight excluding hydrogens is 184 g/mol. The zero-order valence-electron chi connectivity index (χ0n) is 7.99. The third kappa shape index (κ3) is 3.31. The molecule has 74 valence electrons. The van der Waals surface area contributed by atoms with E-state index >= 15 is 0 Å². The third-order valence-corrected chi connectivity index (χ3v) is 1.63. The quantitative estimate of drug-likeness (QED) is 0.349. The molecule has 0 rings (SSSR count). The van der Waals surface area contributed by atoms with Gasteiger partial charge in [-0.05, 0) is 19.8 Å². The number of carbonyl (C=O) groups is 4. The van der Waals surface area contributed by atoms with E-state index in [1.54, 1.807) is 5.92 Å². The van der Waals surface area contributed by atoms with E-state index in [9.17, 15) is 19.2 Å². The van der Waals surface area contributed by atoms with Crippen LogP contribution in [0.5, 0.6) is 0 Å². The molecule has 0 aromatic carbocycles. The van der Waals surface area contributed by atoms with Crippen LogP contribution in [0.2, 0.25) is 0 Å². The maximum atomic E-state index is 11.2. The fraction of sp³-hybridized carbons (Fsp3) is 0.400. The van der Waals surface area contributed by atoms with Gasteiger partial charge in [-0.2, -0.15) is 0 Å². The van der Waals surface area contributed by atoms with Gasteiger partial charge in [-0.25, -0.2) is 0 Å². The lowest BCUT2D eigenvalue weighted by Crippen LogP contribution is -2.29. The summed E-state index contributed by atoms with van der Waals surface area (Å²) in [6.45, 7) is 2.26. The smallest absolute Gasteiger partial charge is 0.212 e. The summed E-state index contributed by atoms with van der Waals surface area (Å²) in [5.41, 5.74) is 0. The highest BCUT2D eigenvalue weighted by Gasteiger charge is 2.28. The SMILES string of the molecule is C#CC(=O)CC(=O)C(C(C)=O)C(C)=O. The first-order valence-corrected chi connectivity index (χ1v) is 3.93. The predicted octanol–water partition coefficient (Wildman–Crippen LogP) is -0.0579. The number of Topliss-reactive ketones (excluding diaryl/α,β-unsaturated/α-hetero) is 4. The Bertz CT molecular complexity index is 319. The molecule has 14 heavy (non-hydrogen) atoms. The number of carbonyl (C=O) groups excluding carboxylic acids is 4. The lowest BCUT2D eigenvalue weighted by molar-refractivity contribution is -0.138. The van der Waals surface area contributed by atoms with Crippen molar-refractivity contribution < 1.29 is 19.2 Å². The van der Waals surface area contributed by atoms with Crippen molar-refractivity contribution in [1.82, 2.24) is 0 Å². The number of ketones is 4. The summed E-state index contributed by atoms with van der Waals surface area (Å²) >= 11 is 0. The van der Waals surface area contributed by atoms with Gasteiger partial charge in [0.1, 0.15) is 17.5 Å². The second kappa shape index (κ2) is 5.07. The molecule has 0 amide bonds. The fourth-order valence-electron chi connectivity index (χ4n) is 1.05. The number of rotatable bonds is 5. The van der Waals surface area contributed by atoms with Gasteiger partial charge in [0.2, 0.25) is 5.78 Å².